The number of nitrogens with two attached hydrogens (primary N) is 1. The fourth-order valence-corrected chi connectivity index (χ4v) is 3.58. The Bertz CT molecular complexity index is 1440. The second-order valence-electron chi connectivity index (χ2n) is 7.13. The highest BCUT2D eigenvalue weighted by Crippen LogP contribution is 2.41. The predicted molar refractivity (Wildman–Crippen MR) is 105 cm³/mol. The Balaban J connectivity index is 1.91. The molecule has 2 aromatic heterocycles. The van der Waals surface area contributed by atoms with Gasteiger partial charge in [-0.1, -0.05) is 12.1 Å². The molecule has 1 atom stereocenters. The monoisotopic (exact) mass is 444 g/mol. The molecular weight excluding hydrogens is 429 g/mol. The Morgan fingerprint density at radius 1 is 1.12 bits per heavy atom. The standard InChI is InChI=1S/C21H15F3N4O4/c1-27-18(29)16-15(12(9-25)17(26)32-19(16)28(2)20(27)30)14-7-6-13(31-14)10-4-3-5-11(8-10)21(22,23)24/h3-8,15H,26H2,1-2H3. The van der Waals surface area contributed by atoms with Crippen molar-refractivity contribution < 1.29 is 22.3 Å². The summed E-state index contributed by atoms with van der Waals surface area (Å²) in [4.78, 5) is 25.2. The van der Waals surface area contributed by atoms with Crippen LogP contribution in [-0.2, 0) is 20.3 Å². The molecule has 0 saturated heterocycles. The van der Waals surface area contributed by atoms with E-state index < -0.39 is 28.9 Å². The molecular formula is C21H15F3N4O4. The van der Waals surface area contributed by atoms with Crippen molar-refractivity contribution in [3.8, 4) is 23.3 Å². The number of fused-ring (bicyclic) bond motifs is 1. The lowest BCUT2D eigenvalue weighted by molar-refractivity contribution is -0.137. The third-order valence-corrected chi connectivity index (χ3v) is 5.20. The van der Waals surface area contributed by atoms with Gasteiger partial charge >= 0.3 is 11.9 Å². The van der Waals surface area contributed by atoms with Crippen LogP contribution in [0.3, 0.4) is 0 Å². The molecule has 3 heterocycles. The van der Waals surface area contributed by atoms with Crippen molar-refractivity contribution >= 4 is 0 Å². The highest BCUT2D eigenvalue weighted by atomic mass is 19.4. The van der Waals surface area contributed by atoms with E-state index in [4.69, 9.17) is 14.9 Å². The van der Waals surface area contributed by atoms with E-state index in [1.807, 2.05) is 6.07 Å². The van der Waals surface area contributed by atoms with Gasteiger partial charge in [0.25, 0.3) is 5.56 Å². The number of halogens is 3. The van der Waals surface area contributed by atoms with Crippen molar-refractivity contribution in [2.45, 2.75) is 12.1 Å². The molecule has 1 aliphatic heterocycles. The summed E-state index contributed by atoms with van der Waals surface area (Å²) in [6.07, 6.45) is -4.53. The molecule has 0 radical (unpaired) electrons. The molecule has 0 bridgehead atoms. The summed E-state index contributed by atoms with van der Waals surface area (Å²) in [6, 6.07) is 9.30. The van der Waals surface area contributed by atoms with Gasteiger partial charge in [0, 0.05) is 19.7 Å². The second kappa shape index (κ2) is 7.19. The Hall–Kier alpha value is -4.20. The molecule has 32 heavy (non-hydrogen) atoms. The minimum absolute atomic E-state index is 0.0507. The number of alkyl halides is 3. The van der Waals surface area contributed by atoms with Crippen molar-refractivity contribution in [3.05, 3.63) is 85.6 Å². The van der Waals surface area contributed by atoms with Gasteiger partial charge in [-0.2, -0.15) is 18.4 Å². The highest BCUT2D eigenvalue weighted by Gasteiger charge is 2.38. The number of nitrogens with zero attached hydrogens (tertiary/aromatic N) is 3. The first-order chi connectivity index (χ1) is 15.0. The lowest BCUT2D eigenvalue weighted by atomic mass is 9.89. The molecule has 3 aromatic rings. The van der Waals surface area contributed by atoms with E-state index in [0.717, 1.165) is 21.3 Å². The van der Waals surface area contributed by atoms with Gasteiger partial charge in [0.05, 0.1) is 17.0 Å². The number of hydrogen-bond donors (Lipinski definition) is 1. The Kier molecular flexibility index (Phi) is 4.73. The lowest BCUT2D eigenvalue weighted by Crippen LogP contribution is -2.42. The molecule has 8 nitrogen and oxygen atoms in total. The second-order valence-corrected chi connectivity index (χ2v) is 7.13. The topological polar surface area (TPSA) is 116 Å². The zero-order valence-corrected chi connectivity index (χ0v) is 16.7. The maximum atomic E-state index is 13.1. The molecule has 0 aliphatic carbocycles. The largest absolute Gasteiger partial charge is 0.460 e. The maximum Gasteiger partial charge on any atom is 0.416 e. The zero-order valence-electron chi connectivity index (χ0n) is 16.7. The number of rotatable bonds is 2. The summed E-state index contributed by atoms with van der Waals surface area (Å²) in [5.74, 6) is -1.40. The van der Waals surface area contributed by atoms with Crippen LogP contribution in [-0.4, -0.2) is 9.13 Å². The fraction of sp³-hybridized carbons (Fsp3) is 0.190. The number of hydrogen-bond acceptors (Lipinski definition) is 6. The molecule has 1 aliphatic rings. The van der Waals surface area contributed by atoms with Crippen LogP contribution in [0.25, 0.3) is 11.3 Å². The smallest absolute Gasteiger partial charge is 0.416 e. The lowest BCUT2D eigenvalue weighted by Gasteiger charge is -2.25. The number of benzene rings is 1. The molecule has 0 fully saturated rings. The van der Waals surface area contributed by atoms with E-state index in [2.05, 4.69) is 0 Å². The summed E-state index contributed by atoms with van der Waals surface area (Å²) < 4.78 is 52.3. The van der Waals surface area contributed by atoms with E-state index in [9.17, 15) is 28.0 Å². The average molecular weight is 444 g/mol. The Labute approximate surface area is 178 Å². The van der Waals surface area contributed by atoms with Crippen molar-refractivity contribution in [2.24, 2.45) is 19.8 Å². The summed E-state index contributed by atoms with van der Waals surface area (Å²) in [6.45, 7) is 0. The van der Waals surface area contributed by atoms with E-state index in [0.29, 0.717) is 0 Å². The van der Waals surface area contributed by atoms with Crippen LogP contribution in [0.5, 0.6) is 5.88 Å². The Morgan fingerprint density at radius 3 is 2.50 bits per heavy atom. The number of aromatic nitrogens is 2. The molecule has 0 amide bonds. The maximum absolute atomic E-state index is 13.1. The number of furan rings is 1. The van der Waals surface area contributed by atoms with Crippen molar-refractivity contribution in [3.63, 3.8) is 0 Å². The first-order valence-electron chi connectivity index (χ1n) is 9.19. The molecule has 2 N–H and O–H groups in total. The van der Waals surface area contributed by atoms with Crippen LogP contribution in [0, 0.1) is 11.3 Å². The number of allylic oxidation sites excluding steroid dienone is 1. The van der Waals surface area contributed by atoms with Crippen LogP contribution >= 0.6 is 0 Å². The van der Waals surface area contributed by atoms with Crippen molar-refractivity contribution in [1.29, 1.82) is 5.26 Å². The van der Waals surface area contributed by atoms with Gasteiger partial charge in [-0.3, -0.25) is 13.9 Å². The minimum atomic E-state index is -4.53. The first-order valence-corrected chi connectivity index (χ1v) is 9.19. The predicted octanol–water partition coefficient (Wildman–Crippen LogP) is 2.58. The van der Waals surface area contributed by atoms with Crippen LogP contribution in [0.15, 0.2) is 61.9 Å². The zero-order chi connectivity index (χ0) is 23.4. The van der Waals surface area contributed by atoms with Crippen LogP contribution in [0.2, 0.25) is 0 Å². The van der Waals surface area contributed by atoms with Gasteiger partial charge in [0.2, 0.25) is 11.8 Å². The van der Waals surface area contributed by atoms with E-state index in [-0.39, 0.29) is 40.0 Å². The first kappa shape index (κ1) is 21.0. The molecule has 4 rings (SSSR count). The van der Waals surface area contributed by atoms with Gasteiger partial charge in [-0.15, -0.1) is 0 Å². The van der Waals surface area contributed by atoms with E-state index in [1.54, 1.807) is 0 Å². The van der Waals surface area contributed by atoms with Gasteiger partial charge in [-0.25, -0.2) is 4.79 Å². The molecule has 1 unspecified atom stereocenters. The molecule has 0 spiro atoms. The van der Waals surface area contributed by atoms with Gasteiger partial charge in [-0.05, 0) is 24.3 Å². The molecule has 11 heteroatoms. The van der Waals surface area contributed by atoms with Gasteiger partial charge in [0.1, 0.15) is 23.2 Å². The molecule has 0 saturated carbocycles. The van der Waals surface area contributed by atoms with Crippen molar-refractivity contribution in [2.75, 3.05) is 0 Å². The Morgan fingerprint density at radius 2 is 1.84 bits per heavy atom. The normalized spacial score (nSPS) is 15.8. The fourth-order valence-electron chi connectivity index (χ4n) is 3.58. The number of ether oxygens (including phenoxy) is 1. The minimum Gasteiger partial charge on any atom is -0.460 e. The van der Waals surface area contributed by atoms with E-state index >= 15 is 0 Å². The van der Waals surface area contributed by atoms with Crippen LogP contribution in [0.4, 0.5) is 13.2 Å². The third-order valence-electron chi connectivity index (χ3n) is 5.20. The van der Waals surface area contributed by atoms with Crippen LogP contribution < -0.4 is 21.7 Å². The van der Waals surface area contributed by atoms with Crippen molar-refractivity contribution in [1.82, 2.24) is 9.13 Å². The SMILES string of the molecule is Cn1c2c(c(=O)n(C)c1=O)C(c1ccc(-c3cccc(C(F)(F)F)c3)o1)C(C#N)=C(N)O2. The summed E-state index contributed by atoms with van der Waals surface area (Å²) in [5, 5.41) is 9.64. The van der Waals surface area contributed by atoms with Crippen LogP contribution in [0.1, 0.15) is 22.8 Å². The van der Waals surface area contributed by atoms with Gasteiger partial charge in [0.15, 0.2) is 0 Å². The van der Waals surface area contributed by atoms with Gasteiger partial charge < -0.3 is 14.9 Å². The molecule has 164 valence electrons. The summed E-state index contributed by atoms with van der Waals surface area (Å²) >= 11 is 0. The third kappa shape index (κ3) is 3.17. The average Bonchev–Trinajstić information content (AvgIpc) is 3.25. The summed E-state index contributed by atoms with van der Waals surface area (Å²) in [7, 11) is 2.64. The number of nitriles is 1. The van der Waals surface area contributed by atoms with E-state index in [1.165, 1.54) is 38.4 Å². The quantitative estimate of drug-likeness (QED) is 0.650. The molecule has 1 aromatic carbocycles. The summed E-state index contributed by atoms with van der Waals surface area (Å²) in [5.41, 5.74) is 3.62. The highest BCUT2D eigenvalue weighted by molar-refractivity contribution is 5.60.